The maximum absolute atomic E-state index is 2.54. The summed E-state index contributed by atoms with van der Waals surface area (Å²) in [4.78, 5) is 0. The van der Waals surface area contributed by atoms with Crippen molar-refractivity contribution in [3.63, 3.8) is 0 Å². The van der Waals surface area contributed by atoms with Crippen LogP contribution in [0.5, 0.6) is 0 Å². The minimum atomic E-state index is -1.81. The third-order valence-electron chi connectivity index (χ3n) is 5.79. The van der Waals surface area contributed by atoms with Crippen LogP contribution in [0.3, 0.4) is 0 Å². The molecule has 0 nitrogen and oxygen atoms in total. The first-order chi connectivity index (χ1) is 14.3. The number of hydrogen-bond acceptors (Lipinski definition) is 0. The Labute approximate surface area is 176 Å². The summed E-state index contributed by atoms with van der Waals surface area (Å²) in [7, 11) is -2.18. The second kappa shape index (κ2) is 9.49. The van der Waals surface area contributed by atoms with Crippen molar-refractivity contribution in [2.24, 2.45) is 0 Å². The fraction of sp³-hybridized carbons (Fsp3) is 0.111. The summed E-state index contributed by atoms with van der Waals surface area (Å²) >= 11 is 0. The fourth-order valence-electron chi connectivity index (χ4n) is 4.03. The monoisotopic (exact) mass is 414 g/mol. The van der Waals surface area contributed by atoms with Gasteiger partial charge in [-0.15, -0.1) is 0 Å². The number of benzene rings is 4. The Balaban J connectivity index is 1.70. The Hall–Kier alpha value is -2.26. The standard InChI is InChI=1S/C27H28P2/c1-29(26-18-10-4-11-19-26,27-20-12-5-13-21-27)23-22-28(24-14-6-2-7-15-24)25-16-8-3-9-17-25/h2-21,29H,22-23H2,1H3. The summed E-state index contributed by atoms with van der Waals surface area (Å²) in [5, 5.41) is 6.02. The van der Waals surface area contributed by atoms with E-state index in [0.29, 0.717) is 0 Å². The van der Waals surface area contributed by atoms with Gasteiger partial charge in [0.2, 0.25) is 0 Å². The summed E-state index contributed by atoms with van der Waals surface area (Å²) in [6, 6.07) is 44.6. The van der Waals surface area contributed by atoms with Crippen LogP contribution in [-0.2, 0) is 0 Å². The molecule has 0 spiro atoms. The van der Waals surface area contributed by atoms with Crippen LogP contribution in [-0.4, -0.2) is 19.0 Å². The van der Waals surface area contributed by atoms with Gasteiger partial charge in [0.25, 0.3) is 0 Å². The zero-order chi connectivity index (χ0) is 19.9. The van der Waals surface area contributed by atoms with Crippen molar-refractivity contribution in [1.29, 1.82) is 0 Å². The summed E-state index contributed by atoms with van der Waals surface area (Å²) in [5.74, 6) is 0. The molecule has 0 N–H and O–H groups in total. The molecule has 0 fully saturated rings. The molecule has 146 valence electrons. The molecule has 0 aliphatic heterocycles. The van der Waals surface area contributed by atoms with Gasteiger partial charge >= 0.3 is 177 Å². The normalized spacial score (nSPS) is 12.1. The molecule has 0 amide bonds. The average Bonchev–Trinajstić information content (AvgIpc) is 2.81. The second-order valence-electron chi connectivity index (χ2n) is 7.64. The summed E-state index contributed by atoms with van der Waals surface area (Å²) in [6.07, 6.45) is 2.46. The fourth-order valence-corrected chi connectivity index (χ4v) is 11.4. The van der Waals surface area contributed by atoms with Gasteiger partial charge in [0.1, 0.15) is 0 Å². The van der Waals surface area contributed by atoms with Gasteiger partial charge in [-0.25, -0.2) is 0 Å². The topological polar surface area (TPSA) is 0 Å². The zero-order valence-corrected chi connectivity index (χ0v) is 18.8. The van der Waals surface area contributed by atoms with Gasteiger partial charge in [-0.1, -0.05) is 0 Å². The molecule has 0 unspecified atom stereocenters. The van der Waals surface area contributed by atoms with E-state index in [-0.39, 0.29) is 7.92 Å². The van der Waals surface area contributed by atoms with Crippen molar-refractivity contribution in [2.75, 3.05) is 19.0 Å². The van der Waals surface area contributed by atoms with Gasteiger partial charge in [0, 0.05) is 0 Å². The third-order valence-corrected chi connectivity index (χ3v) is 13.2. The molecule has 29 heavy (non-hydrogen) atoms. The Kier molecular flexibility index (Phi) is 6.56. The van der Waals surface area contributed by atoms with Crippen LogP contribution in [0.15, 0.2) is 121 Å². The van der Waals surface area contributed by atoms with Crippen molar-refractivity contribution in [3.8, 4) is 0 Å². The first kappa shape index (κ1) is 20.0. The third kappa shape index (κ3) is 4.67. The van der Waals surface area contributed by atoms with Crippen molar-refractivity contribution < 1.29 is 0 Å². The SMILES string of the molecule is C[PH](CCP(c1ccccc1)c1ccccc1)(c1ccccc1)c1ccccc1. The molecule has 4 rings (SSSR count). The van der Waals surface area contributed by atoms with E-state index in [1.165, 1.54) is 33.5 Å². The Bertz CT molecular complexity index is 920. The van der Waals surface area contributed by atoms with E-state index in [1.54, 1.807) is 0 Å². The molecule has 0 saturated carbocycles. The molecule has 0 aliphatic carbocycles. The average molecular weight is 414 g/mol. The van der Waals surface area contributed by atoms with Crippen LogP contribution in [0.1, 0.15) is 0 Å². The molecule has 0 bridgehead atoms. The molecular formula is C27H28P2. The van der Waals surface area contributed by atoms with Crippen molar-refractivity contribution in [3.05, 3.63) is 121 Å². The van der Waals surface area contributed by atoms with Crippen LogP contribution in [0.2, 0.25) is 0 Å². The van der Waals surface area contributed by atoms with Crippen LogP contribution in [0.4, 0.5) is 0 Å². The van der Waals surface area contributed by atoms with E-state index in [1.807, 2.05) is 0 Å². The van der Waals surface area contributed by atoms with Gasteiger partial charge in [-0.3, -0.25) is 0 Å². The van der Waals surface area contributed by atoms with E-state index in [9.17, 15) is 0 Å². The van der Waals surface area contributed by atoms with Gasteiger partial charge in [-0.05, 0) is 0 Å². The summed E-state index contributed by atoms with van der Waals surface area (Å²) in [5.41, 5.74) is 0. The van der Waals surface area contributed by atoms with Gasteiger partial charge in [-0.2, -0.15) is 0 Å². The molecular weight excluding hydrogens is 386 g/mol. The maximum atomic E-state index is 2.54. The molecule has 0 radical (unpaired) electrons. The Morgan fingerprint density at radius 2 is 0.862 bits per heavy atom. The van der Waals surface area contributed by atoms with Crippen LogP contribution >= 0.6 is 15.2 Å². The minimum absolute atomic E-state index is 0.361. The quantitative estimate of drug-likeness (QED) is 0.367. The molecule has 0 atom stereocenters. The van der Waals surface area contributed by atoms with Crippen LogP contribution in [0, 0.1) is 0 Å². The summed E-state index contributed by atoms with van der Waals surface area (Å²) in [6.45, 7) is 2.54. The Morgan fingerprint density at radius 1 is 0.517 bits per heavy atom. The summed E-state index contributed by atoms with van der Waals surface area (Å²) < 4.78 is 0. The predicted molar refractivity (Wildman–Crippen MR) is 135 cm³/mol. The second-order valence-corrected chi connectivity index (χ2v) is 14.3. The van der Waals surface area contributed by atoms with E-state index < -0.39 is 7.26 Å². The van der Waals surface area contributed by atoms with E-state index in [2.05, 4.69) is 128 Å². The molecule has 4 aromatic carbocycles. The molecule has 0 saturated heterocycles. The van der Waals surface area contributed by atoms with E-state index in [4.69, 9.17) is 0 Å². The molecule has 4 aromatic rings. The van der Waals surface area contributed by atoms with E-state index >= 15 is 0 Å². The van der Waals surface area contributed by atoms with Gasteiger partial charge < -0.3 is 0 Å². The number of rotatable bonds is 7. The van der Waals surface area contributed by atoms with Crippen molar-refractivity contribution in [1.82, 2.24) is 0 Å². The molecule has 2 heteroatoms. The van der Waals surface area contributed by atoms with E-state index in [0.717, 1.165) is 0 Å². The molecule has 0 heterocycles. The first-order valence-electron chi connectivity index (χ1n) is 10.3. The van der Waals surface area contributed by atoms with Crippen LogP contribution < -0.4 is 21.2 Å². The Morgan fingerprint density at radius 3 is 1.24 bits per heavy atom. The van der Waals surface area contributed by atoms with Crippen LogP contribution in [0.25, 0.3) is 0 Å². The van der Waals surface area contributed by atoms with Crippen molar-refractivity contribution >= 4 is 36.4 Å². The predicted octanol–water partition coefficient (Wildman–Crippen LogP) is 5.15. The first-order valence-corrected chi connectivity index (χ1v) is 14.5. The van der Waals surface area contributed by atoms with Gasteiger partial charge in [0.05, 0.1) is 0 Å². The zero-order valence-electron chi connectivity index (χ0n) is 16.9. The molecule has 0 aromatic heterocycles. The van der Waals surface area contributed by atoms with Crippen molar-refractivity contribution in [2.45, 2.75) is 0 Å². The number of hydrogen-bond donors (Lipinski definition) is 0. The molecule has 0 aliphatic rings. The van der Waals surface area contributed by atoms with Gasteiger partial charge in [0.15, 0.2) is 0 Å².